The topological polar surface area (TPSA) is 54.9 Å². The van der Waals surface area contributed by atoms with E-state index >= 15 is 0 Å². The van der Waals surface area contributed by atoms with E-state index in [1.165, 1.54) is 12.8 Å². The number of rotatable bonds is 7. The van der Waals surface area contributed by atoms with Crippen molar-refractivity contribution in [3.63, 3.8) is 0 Å². The molecule has 0 aromatic heterocycles. The number of halogens is 1. The normalized spacial score (nSPS) is 14.0. The lowest BCUT2D eigenvalue weighted by molar-refractivity contribution is 0.311. The molecule has 0 aliphatic heterocycles. The highest BCUT2D eigenvalue weighted by molar-refractivity contribution is 14.0. The summed E-state index contributed by atoms with van der Waals surface area (Å²) in [5.41, 5.74) is 0.940. The minimum Gasteiger partial charge on any atom is -0.493 e. The van der Waals surface area contributed by atoms with Crippen molar-refractivity contribution in [3.8, 4) is 11.5 Å². The maximum absolute atomic E-state index is 5.59. The fourth-order valence-corrected chi connectivity index (χ4v) is 1.99. The van der Waals surface area contributed by atoms with Crippen molar-refractivity contribution in [2.45, 2.75) is 26.7 Å². The van der Waals surface area contributed by atoms with Gasteiger partial charge in [-0.25, -0.2) is 0 Å². The number of aliphatic imine (C=N–C) groups is 1. The lowest BCUT2D eigenvalue weighted by Crippen LogP contribution is -2.30. The van der Waals surface area contributed by atoms with Crippen LogP contribution in [-0.4, -0.2) is 32.8 Å². The SMILES string of the molecule is CCNC(=NCC1CC1)Nc1ccc(OC)c(OCC)c1.I. The molecule has 22 heavy (non-hydrogen) atoms. The van der Waals surface area contributed by atoms with Crippen molar-refractivity contribution in [1.82, 2.24) is 5.32 Å². The van der Waals surface area contributed by atoms with Gasteiger partial charge in [-0.05, 0) is 44.7 Å². The molecular weight excluding hydrogens is 393 g/mol. The number of nitrogens with one attached hydrogen (secondary N) is 2. The van der Waals surface area contributed by atoms with Gasteiger partial charge in [0.1, 0.15) is 0 Å². The Labute approximate surface area is 149 Å². The second-order valence-corrected chi connectivity index (χ2v) is 5.09. The fraction of sp³-hybridized carbons (Fsp3) is 0.562. The second-order valence-electron chi connectivity index (χ2n) is 5.09. The van der Waals surface area contributed by atoms with Crippen LogP contribution in [0.1, 0.15) is 26.7 Å². The van der Waals surface area contributed by atoms with Gasteiger partial charge in [0.05, 0.1) is 13.7 Å². The van der Waals surface area contributed by atoms with Gasteiger partial charge in [-0.3, -0.25) is 4.99 Å². The summed E-state index contributed by atoms with van der Waals surface area (Å²) in [6, 6.07) is 5.80. The van der Waals surface area contributed by atoms with E-state index in [9.17, 15) is 0 Å². The molecule has 0 amide bonds. The molecule has 0 atom stereocenters. The Morgan fingerprint density at radius 3 is 2.64 bits per heavy atom. The Hall–Kier alpha value is -1.18. The van der Waals surface area contributed by atoms with Gasteiger partial charge in [0.15, 0.2) is 17.5 Å². The van der Waals surface area contributed by atoms with E-state index < -0.39 is 0 Å². The van der Waals surface area contributed by atoms with Gasteiger partial charge in [-0.15, -0.1) is 24.0 Å². The summed E-state index contributed by atoms with van der Waals surface area (Å²) in [7, 11) is 1.64. The molecule has 2 N–H and O–H groups in total. The monoisotopic (exact) mass is 419 g/mol. The molecule has 1 aromatic carbocycles. The standard InChI is InChI=1S/C16H25N3O2.HI/c1-4-17-16(18-11-12-6-7-12)19-13-8-9-14(20-3)15(10-13)21-5-2;/h8-10,12H,4-7,11H2,1-3H3,(H2,17,18,19);1H. The van der Waals surface area contributed by atoms with E-state index in [0.717, 1.165) is 42.2 Å². The molecule has 5 nitrogen and oxygen atoms in total. The highest BCUT2D eigenvalue weighted by Gasteiger charge is 2.20. The first-order valence-electron chi connectivity index (χ1n) is 7.63. The molecular formula is C16H26IN3O2. The number of benzene rings is 1. The third kappa shape index (κ3) is 5.90. The minimum absolute atomic E-state index is 0. The molecule has 1 aliphatic rings. The third-order valence-corrected chi connectivity index (χ3v) is 3.27. The zero-order valence-corrected chi connectivity index (χ0v) is 15.8. The van der Waals surface area contributed by atoms with Crippen LogP contribution in [0.4, 0.5) is 5.69 Å². The van der Waals surface area contributed by atoms with Crippen LogP contribution in [0, 0.1) is 5.92 Å². The minimum atomic E-state index is 0. The molecule has 124 valence electrons. The van der Waals surface area contributed by atoms with Crippen molar-refractivity contribution in [2.24, 2.45) is 10.9 Å². The predicted molar refractivity (Wildman–Crippen MR) is 102 cm³/mol. The van der Waals surface area contributed by atoms with Crippen LogP contribution in [0.15, 0.2) is 23.2 Å². The van der Waals surface area contributed by atoms with E-state index in [1.54, 1.807) is 7.11 Å². The zero-order valence-electron chi connectivity index (χ0n) is 13.5. The van der Waals surface area contributed by atoms with E-state index in [0.29, 0.717) is 6.61 Å². The Balaban J connectivity index is 0.00000242. The highest BCUT2D eigenvalue weighted by atomic mass is 127. The molecule has 0 radical (unpaired) electrons. The molecule has 0 saturated heterocycles. The Kier molecular flexibility index (Phi) is 8.37. The van der Waals surface area contributed by atoms with Gasteiger partial charge in [-0.1, -0.05) is 0 Å². The first-order valence-corrected chi connectivity index (χ1v) is 7.63. The number of anilines is 1. The van der Waals surface area contributed by atoms with Gasteiger partial charge in [0, 0.05) is 24.8 Å². The van der Waals surface area contributed by atoms with Crippen LogP contribution >= 0.6 is 24.0 Å². The lowest BCUT2D eigenvalue weighted by Gasteiger charge is -2.14. The van der Waals surface area contributed by atoms with Crippen molar-refractivity contribution in [2.75, 3.05) is 32.1 Å². The number of ether oxygens (including phenoxy) is 2. The maximum Gasteiger partial charge on any atom is 0.195 e. The van der Waals surface area contributed by atoms with Crippen LogP contribution in [0.25, 0.3) is 0 Å². The van der Waals surface area contributed by atoms with Crippen molar-refractivity contribution in [1.29, 1.82) is 0 Å². The summed E-state index contributed by atoms with van der Waals surface area (Å²) in [6.07, 6.45) is 2.61. The predicted octanol–water partition coefficient (Wildman–Crippen LogP) is 3.50. The van der Waals surface area contributed by atoms with Gasteiger partial charge >= 0.3 is 0 Å². The second kappa shape index (κ2) is 9.76. The fourth-order valence-electron chi connectivity index (χ4n) is 1.99. The van der Waals surface area contributed by atoms with Crippen LogP contribution in [0.2, 0.25) is 0 Å². The molecule has 1 fully saturated rings. The maximum atomic E-state index is 5.59. The molecule has 0 bridgehead atoms. The molecule has 0 spiro atoms. The number of guanidine groups is 1. The van der Waals surface area contributed by atoms with E-state index in [1.807, 2.05) is 25.1 Å². The summed E-state index contributed by atoms with van der Waals surface area (Å²) in [5, 5.41) is 6.58. The quantitative estimate of drug-likeness (QED) is 0.404. The molecule has 2 rings (SSSR count). The smallest absolute Gasteiger partial charge is 0.195 e. The Morgan fingerprint density at radius 1 is 1.27 bits per heavy atom. The molecule has 1 saturated carbocycles. The van der Waals surface area contributed by atoms with Crippen LogP contribution in [0.5, 0.6) is 11.5 Å². The van der Waals surface area contributed by atoms with Crippen LogP contribution < -0.4 is 20.1 Å². The van der Waals surface area contributed by atoms with Crippen molar-refractivity contribution < 1.29 is 9.47 Å². The molecule has 1 aromatic rings. The zero-order chi connectivity index (χ0) is 15.1. The average Bonchev–Trinajstić information content (AvgIpc) is 3.30. The van der Waals surface area contributed by atoms with E-state index in [4.69, 9.17) is 9.47 Å². The first kappa shape index (κ1) is 18.9. The van der Waals surface area contributed by atoms with E-state index in [-0.39, 0.29) is 24.0 Å². The average molecular weight is 419 g/mol. The molecule has 0 heterocycles. The first-order chi connectivity index (χ1) is 10.3. The summed E-state index contributed by atoms with van der Waals surface area (Å²) < 4.78 is 10.9. The largest absolute Gasteiger partial charge is 0.493 e. The molecule has 1 aliphatic carbocycles. The van der Waals surface area contributed by atoms with Crippen molar-refractivity contribution >= 4 is 35.6 Å². The lowest BCUT2D eigenvalue weighted by atomic mass is 10.2. The highest BCUT2D eigenvalue weighted by Crippen LogP contribution is 2.30. The number of nitrogens with zero attached hydrogens (tertiary/aromatic N) is 1. The third-order valence-electron chi connectivity index (χ3n) is 3.27. The number of methoxy groups -OCH3 is 1. The Bertz CT molecular complexity index is 490. The summed E-state index contributed by atoms with van der Waals surface area (Å²) in [5.74, 6) is 3.07. The van der Waals surface area contributed by atoms with Crippen molar-refractivity contribution in [3.05, 3.63) is 18.2 Å². The van der Waals surface area contributed by atoms with E-state index in [2.05, 4.69) is 22.5 Å². The van der Waals surface area contributed by atoms with Gasteiger partial charge in [0.2, 0.25) is 0 Å². The summed E-state index contributed by atoms with van der Waals surface area (Å²) in [4.78, 5) is 4.61. The van der Waals surface area contributed by atoms with Gasteiger partial charge in [-0.2, -0.15) is 0 Å². The molecule has 6 heteroatoms. The summed E-state index contributed by atoms with van der Waals surface area (Å²) >= 11 is 0. The van der Waals surface area contributed by atoms with Crippen LogP contribution in [-0.2, 0) is 0 Å². The van der Waals surface area contributed by atoms with Gasteiger partial charge < -0.3 is 20.1 Å². The molecule has 0 unspecified atom stereocenters. The number of hydrogen-bond donors (Lipinski definition) is 2. The summed E-state index contributed by atoms with van der Waals surface area (Å²) in [6.45, 7) is 6.36. The number of hydrogen-bond acceptors (Lipinski definition) is 3. The Morgan fingerprint density at radius 2 is 2.05 bits per heavy atom. The van der Waals surface area contributed by atoms with Gasteiger partial charge in [0.25, 0.3) is 0 Å². The van der Waals surface area contributed by atoms with Crippen LogP contribution in [0.3, 0.4) is 0 Å².